The van der Waals surface area contributed by atoms with Gasteiger partial charge in [-0.25, -0.2) is 4.79 Å². The van der Waals surface area contributed by atoms with Gasteiger partial charge in [0.25, 0.3) is 0 Å². The third-order valence-electron chi connectivity index (χ3n) is 7.05. The summed E-state index contributed by atoms with van der Waals surface area (Å²) in [7, 11) is -1.67. The van der Waals surface area contributed by atoms with Crippen molar-refractivity contribution in [3.8, 4) is 0 Å². The van der Waals surface area contributed by atoms with E-state index >= 15 is 0 Å². The zero-order valence-corrected chi connectivity index (χ0v) is 19.4. The van der Waals surface area contributed by atoms with Crippen LogP contribution in [0.25, 0.3) is 0 Å². The Morgan fingerprint density at radius 3 is 2.33 bits per heavy atom. The molecule has 1 fully saturated rings. The van der Waals surface area contributed by atoms with E-state index in [9.17, 15) is 9.59 Å². The Morgan fingerprint density at radius 1 is 1.10 bits per heavy atom. The van der Waals surface area contributed by atoms with E-state index in [1.807, 2.05) is 44.2 Å². The van der Waals surface area contributed by atoms with Crippen molar-refractivity contribution in [1.29, 1.82) is 0 Å². The van der Waals surface area contributed by atoms with Gasteiger partial charge in [-0.1, -0.05) is 44.3 Å². The summed E-state index contributed by atoms with van der Waals surface area (Å²) in [4.78, 5) is 28.0. The number of nitrogens with zero attached hydrogens (tertiary/aromatic N) is 2. The van der Waals surface area contributed by atoms with E-state index in [2.05, 4.69) is 40.5 Å². The Bertz CT molecular complexity index is 973. The summed E-state index contributed by atoms with van der Waals surface area (Å²) in [6.45, 7) is 11.2. The molecule has 0 saturated heterocycles. The quantitative estimate of drug-likeness (QED) is 0.609. The van der Waals surface area contributed by atoms with E-state index in [-0.39, 0.29) is 17.0 Å². The number of amides is 3. The molecule has 160 valence electrons. The lowest BCUT2D eigenvalue weighted by atomic mass is 9.83. The van der Waals surface area contributed by atoms with Gasteiger partial charge in [0.2, 0.25) is 5.91 Å². The number of para-hydroxylation sites is 1. The lowest BCUT2D eigenvalue weighted by molar-refractivity contribution is -0.121. The van der Waals surface area contributed by atoms with Gasteiger partial charge in [-0.05, 0) is 38.8 Å². The van der Waals surface area contributed by atoms with Crippen LogP contribution in [0.4, 0.5) is 16.3 Å². The number of H-pyrrole nitrogens is 1. The first-order valence-corrected chi connectivity index (χ1v) is 14.1. The van der Waals surface area contributed by atoms with E-state index in [4.69, 9.17) is 0 Å². The van der Waals surface area contributed by atoms with Crippen LogP contribution in [-0.2, 0) is 16.9 Å². The minimum atomic E-state index is -1.67. The topological polar surface area (TPSA) is 90.1 Å². The molecule has 3 N–H and O–H groups in total. The molecule has 1 aliphatic carbocycles. The number of hydrogen-bond acceptors (Lipinski definition) is 3. The number of carbonyl (C=O) groups is 2. The van der Waals surface area contributed by atoms with Crippen LogP contribution >= 0.6 is 0 Å². The largest absolute Gasteiger partial charge is 0.322 e. The molecule has 2 heterocycles. The summed E-state index contributed by atoms with van der Waals surface area (Å²) in [5.74, 6) is 0.648. The number of anilines is 2. The molecule has 1 aromatic heterocycles. The van der Waals surface area contributed by atoms with Crippen LogP contribution in [-0.4, -0.2) is 35.1 Å². The van der Waals surface area contributed by atoms with E-state index in [0.29, 0.717) is 12.4 Å². The number of aromatic nitrogens is 2. The molecule has 7 nitrogen and oxygen atoms in total. The third kappa shape index (κ3) is 3.14. The number of carbonyl (C=O) groups excluding carboxylic acids is 2. The number of nitrogens with one attached hydrogen (secondary N) is 3. The smallest absolute Gasteiger partial charge is 0.309 e. The van der Waals surface area contributed by atoms with Crippen LogP contribution in [0.2, 0.25) is 24.7 Å². The van der Waals surface area contributed by atoms with Crippen LogP contribution in [0.3, 0.4) is 0 Å². The van der Waals surface area contributed by atoms with Crippen molar-refractivity contribution >= 4 is 31.5 Å². The second kappa shape index (κ2) is 6.97. The molecule has 0 spiro atoms. The fraction of sp³-hybridized carbons (Fsp3) is 0.500. The molecule has 8 heteroatoms. The van der Waals surface area contributed by atoms with E-state index in [1.54, 1.807) is 4.90 Å². The molecule has 2 aliphatic rings. The molecule has 4 rings (SSSR count). The van der Waals surface area contributed by atoms with Gasteiger partial charge in [0.05, 0.1) is 25.9 Å². The molecule has 0 radical (unpaired) electrons. The van der Waals surface area contributed by atoms with E-state index in [0.717, 1.165) is 36.2 Å². The first-order chi connectivity index (χ1) is 14.1. The van der Waals surface area contributed by atoms with Crippen molar-refractivity contribution in [3.05, 3.63) is 41.6 Å². The molecular formula is C22H31N5O2Si. The van der Waals surface area contributed by atoms with Gasteiger partial charge in [0.15, 0.2) is 5.82 Å². The van der Waals surface area contributed by atoms with Gasteiger partial charge in [0.1, 0.15) is 0 Å². The molecule has 3 amide bonds. The number of urea groups is 1. The average Bonchev–Trinajstić information content (AvgIpc) is 3.12. The van der Waals surface area contributed by atoms with Gasteiger partial charge >= 0.3 is 6.03 Å². The maximum atomic E-state index is 13.3. The Kier molecular flexibility index (Phi) is 4.80. The molecule has 0 bridgehead atoms. The van der Waals surface area contributed by atoms with Crippen LogP contribution < -0.4 is 10.6 Å². The second-order valence-electron chi connectivity index (χ2n) is 10.0. The van der Waals surface area contributed by atoms with E-state index < -0.39 is 13.6 Å². The zero-order valence-electron chi connectivity index (χ0n) is 18.4. The molecule has 30 heavy (non-hydrogen) atoms. The third-order valence-corrected chi connectivity index (χ3v) is 10.6. The Morgan fingerprint density at radius 2 is 1.77 bits per heavy atom. The number of rotatable bonds is 4. The molecule has 0 atom stereocenters. The van der Waals surface area contributed by atoms with Gasteiger partial charge in [0, 0.05) is 16.3 Å². The first-order valence-electron chi connectivity index (χ1n) is 10.6. The maximum Gasteiger partial charge on any atom is 0.322 e. The molecule has 1 saturated carbocycles. The predicted molar refractivity (Wildman–Crippen MR) is 121 cm³/mol. The lowest BCUT2D eigenvalue weighted by Crippen LogP contribution is -2.52. The monoisotopic (exact) mass is 425 g/mol. The number of aromatic amines is 1. The summed E-state index contributed by atoms with van der Waals surface area (Å²) in [5.41, 5.74) is 1.96. The predicted octanol–water partition coefficient (Wildman–Crippen LogP) is 4.89. The summed E-state index contributed by atoms with van der Waals surface area (Å²) in [6, 6.07) is 9.24. The molecular weight excluding hydrogens is 394 g/mol. The number of benzene rings is 1. The van der Waals surface area contributed by atoms with Gasteiger partial charge in [-0.2, -0.15) is 5.10 Å². The number of hydrogen-bond donors (Lipinski definition) is 3. The molecule has 1 aromatic carbocycles. The van der Waals surface area contributed by atoms with Crippen LogP contribution in [0.5, 0.6) is 0 Å². The highest BCUT2D eigenvalue weighted by Gasteiger charge is 2.54. The summed E-state index contributed by atoms with van der Waals surface area (Å²) >= 11 is 0. The van der Waals surface area contributed by atoms with Crippen molar-refractivity contribution in [3.63, 3.8) is 0 Å². The van der Waals surface area contributed by atoms with Crippen molar-refractivity contribution in [2.24, 2.45) is 0 Å². The molecule has 1 aliphatic heterocycles. The maximum absolute atomic E-state index is 13.3. The van der Waals surface area contributed by atoms with Crippen LogP contribution in [0.15, 0.2) is 30.3 Å². The highest BCUT2D eigenvalue weighted by molar-refractivity contribution is 6.83. The van der Waals surface area contributed by atoms with Crippen LogP contribution in [0, 0.1) is 0 Å². The molecule has 0 unspecified atom stereocenters. The Balaban J connectivity index is 1.54. The second-order valence-corrected chi connectivity index (χ2v) is 15.5. The van der Waals surface area contributed by atoms with E-state index in [1.165, 1.54) is 0 Å². The van der Waals surface area contributed by atoms with Crippen molar-refractivity contribution < 1.29 is 9.59 Å². The SMILES string of the molecule is CC1(C)c2[nH]nc(NC(=O)C3([Si](C)(C)C)CCC3)c2CN1C(=O)Nc1ccccc1. The van der Waals surface area contributed by atoms with Crippen molar-refractivity contribution in [2.45, 2.75) is 69.9 Å². The lowest BCUT2D eigenvalue weighted by Gasteiger charge is -2.48. The first kappa shape index (κ1) is 20.7. The normalized spacial score (nSPS) is 19.0. The Hall–Kier alpha value is -2.61. The number of fused-ring (bicyclic) bond motifs is 1. The fourth-order valence-electron chi connectivity index (χ4n) is 4.73. The minimum Gasteiger partial charge on any atom is -0.309 e. The average molecular weight is 426 g/mol. The fourth-order valence-corrected chi connectivity index (χ4v) is 7.33. The standard InChI is InChI=1S/C22H31N5O2Si/c1-21(2)17-16(14-27(21)20(29)23-15-10-7-6-8-11-15)18(26-25-17)24-19(28)22(12-9-13-22)30(3,4)5/h6-8,10-11H,9,12-14H2,1-5H3,(H,23,29)(H2,24,25,26,28). The summed E-state index contributed by atoms with van der Waals surface area (Å²) in [6.07, 6.45) is 3.02. The van der Waals surface area contributed by atoms with Crippen molar-refractivity contribution in [2.75, 3.05) is 10.6 Å². The molecule has 2 aromatic rings. The Labute approximate surface area is 178 Å². The van der Waals surface area contributed by atoms with Crippen molar-refractivity contribution in [1.82, 2.24) is 15.1 Å². The van der Waals surface area contributed by atoms with Gasteiger partial charge in [-0.3, -0.25) is 9.89 Å². The van der Waals surface area contributed by atoms with Crippen LogP contribution in [0.1, 0.15) is 44.4 Å². The van der Waals surface area contributed by atoms with Gasteiger partial charge < -0.3 is 15.5 Å². The highest BCUT2D eigenvalue weighted by atomic mass is 28.3. The minimum absolute atomic E-state index is 0.0900. The summed E-state index contributed by atoms with van der Waals surface area (Å²) in [5, 5.41) is 13.3. The van der Waals surface area contributed by atoms with Gasteiger partial charge in [-0.15, -0.1) is 0 Å². The summed E-state index contributed by atoms with van der Waals surface area (Å²) < 4.78 is 0. The highest BCUT2D eigenvalue weighted by Crippen LogP contribution is 2.56. The zero-order chi connectivity index (χ0) is 21.7.